The van der Waals surface area contributed by atoms with E-state index in [2.05, 4.69) is 5.16 Å². The standard InChI is InChI=1S/C11H22N4O4S/c1-3-4-9(10(12)13-17)11(16)14-5-7-15(8-6-14)20(2,18)19/h9,17H,3-8H2,1-2H3,(H2,12,13). The molecule has 1 aliphatic heterocycles. The van der Waals surface area contributed by atoms with Crippen molar-refractivity contribution in [2.24, 2.45) is 16.8 Å². The van der Waals surface area contributed by atoms with Gasteiger partial charge in [0, 0.05) is 26.2 Å². The Balaban J connectivity index is 2.70. The van der Waals surface area contributed by atoms with Gasteiger partial charge in [0.25, 0.3) is 0 Å². The van der Waals surface area contributed by atoms with E-state index in [1.54, 1.807) is 4.90 Å². The van der Waals surface area contributed by atoms with Gasteiger partial charge in [0.05, 0.1) is 12.2 Å². The number of oxime groups is 1. The van der Waals surface area contributed by atoms with Gasteiger partial charge in [-0.1, -0.05) is 18.5 Å². The predicted molar refractivity (Wildman–Crippen MR) is 74.8 cm³/mol. The van der Waals surface area contributed by atoms with Crippen LogP contribution in [0.5, 0.6) is 0 Å². The normalized spacial score (nSPS) is 19.9. The number of amides is 1. The van der Waals surface area contributed by atoms with E-state index < -0.39 is 15.9 Å². The van der Waals surface area contributed by atoms with Crippen molar-refractivity contribution in [1.29, 1.82) is 0 Å². The molecule has 116 valence electrons. The summed E-state index contributed by atoms with van der Waals surface area (Å²) in [4.78, 5) is 13.9. The molecule has 0 saturated carbocycles. The maximum absolute atomic E-state index is 12.3. The summed E-state index contributed by atoms with van der Waals surface area (Å²) in [6.45, 7) is 3.11. The molecule has 0 aromatic rings. The van der Waals surface area contributed by atoms with Gasteiger partial charge in [-0.05, 0) is 6.42 Å². The molecule has 1 aliphatic rings. The number of rotatable bonds is 5. The van der Waals surface area contributed by atoms with Crippen LogP contribution in [-0.2, 0) is 14.8 Å². The van der Waals surface area contributed by atoms with Crippen LogP contribution < -0.4 is 5.73 Å². The third-order valence-corrected chi connectivity index (χ3v) is 4.67. The van der Waals surface area contributed by atoms with Crippen LogP contribution in [0.25, 0.3) is 0 Å². The average Bonchev–Trinajstić information content (AvgIpc) is 2.42. The SMILES string of the molecule is CCCC(C(=O)N1CCN(S(C)(=O)=O)CC1)C(N)=NO. The van der Waals surface area contributed by atoms with Crippen molar-refractivity contribution in [2.45, 2.75) is 19.8 Å². The van der Waals surface area contributed by atoms with E-state index in [9.17, 15) is 13.2 Å². The van der Waals surface area contributed by atoms with Gasteiger partial charge in [0.2, 0.25) is 15.9 Å². The summed E-state index contributed by atoms with van der Waals surface area (Å²) in [6.07, 6.45) is 2.39. The highest BCUT2D eigenvalue weighted by molar-refractivity contribution is 7.88. The Labute approximate surface area is 119 Å². The first-order valence-corrected chi connectivity index (χ1v) is 8.37. The molecule has 1 fully saturated rings. The van der Waals surface area contributed by atoms with E-state index in [1.807, 2.05) is 6.92 Å². The van der Waals surface area contributed by atoms with E-state index in [0.717, 1.165) is 12.7 Å². The van der Waals surface area contributed by atoms with Crippen LogP contribution in [-0.4, -0.2) is 67.0 Å². The third-order valence-electron chi connectivity index (χ3n) is 3.37. The van der Waals surface area contributed by atoms with Gasteiger partial charge >= 0.3 is 0 Å². The molecule has 20 heavy (non-hydrogen) atoms. The predicted octanol–water partition coefficient (Wildman–Crippen LogP) is -0.747. The molecule has 3 N–H and O–H groups in total. The molecular formula is C11H22N4O4S. The highest BCUT2D eigenvalue weighted by atomic mass is 32.2. The minimum atomic E-state index is -3.22. The lowest BCUT2D eigenvalue weighted by molar-refractivity contribution is -0.134. The topological polar surface area (TPSA) is 116 Å². The lowest BCUT2D eigenvalue weighted by Crippen LogP contribution is -2.53. The third kappa shape index (κ3) is 4.07. The van der Waals surface area contributed by atoms with E-state index in [0.29, 0.717) is 19.5 Å². The van der Waals surface area contributed by atoms with Gasteiger partial charge in [-0.25, -0.2) is 8.42 Å². The number of amidine groups is 1. The molecule has 1 heterocycles. The van der Waals surface area contributed by atoms with Gasteiger partial charge in [-0.3, -0.25) is 4.79 Å². The highest BCUT2D eigenvalue weighted by Gasteiger charge is 2.31. The zero-order chi connectivity index (χ0) is 15.3. The Hall–Kier alpha value is -1.35. The molecule has 0 aliphatic carbocycles. The summed E-state index contributed by atoms with van der Waals surface area (Å²) in [5.41, 5.74) is 5.55. The van der Waals surface area contributed by atoms with Crippen LogP contribution in [0.3, 0.4) is 0 Å². The van der Waals surface area contributed by atoms with E-state index >= 15 is 0 Å². The fraction of sp³-hybridized carbons (Fsp3) is 0.818. The zero-order valence-electron chi connectivity index (χ0n) is 11.8. The summed E-state index contributed by atoms with van der Waals surface area (Å²) in [5, 5.41) is 11.7. The first kappa shape index (κ1) is 16.7. The molecule has 1 saturated heterocycles. The first-order chi connectivity index (χ1) is 9.31. The van der Waals surface area contributed by atoms with Crippen LogP contribution in [0.15, 0.2) is 5.16 Å². The molecule has 0 aromatic heterocycles. The lowest BCUT2D eigenvalue weighted by Gasteiger charge is -2.35. The number of piperazine rings is 1. The van der Waals surface area contributed by atoms with Crippen molar-refractivity contribution in [3.8, 4) is 0 Å². The molecule has 1 atom stereocenters. The van der Waals surface area contributed by atoms with Crippen LogP contribution in [0.1, 0.15) is 19.8 Å². The second-order valence-corrected chi connectivity index (χ2v) is 6.84. The Morgan fingerprint density at radius 3 is 2.30 bits per heavy atom. The maximum Gasteiger partial charge on any atom is 0.233 e. The maximum atomic E-state index is 12.3. The summed E-state index contributed by atoms with van der Waals surface area (Å²) in [7, 11) is -3.22. The van der Waals surface area contributed by atoms with Crippen LogP contribution in [0, 0.1) is 5.92 Å². The minimum absolute atomic E-state index is 0.0950. The van der Waals surface area contributed by atoms with Gasteiger partial charge < -0.3 is 15.8 Å². The number of nitrogens with two attached hydrogens (primary N) is 1. The van der Waals surface area contributed by atoms with Crippen molar-refractivity contribution in [1.82, 2.24) is 9.21 Å². The van der Waals surface area contributed by atoms with E-state index in [4.69, 9.17) is 10.9 Å². The molecule has 1 rings (SSSR count). The molecule has 1 amide bonds. The van der Waals surface area contributed by atoms with Crippen LogP contribution in [0.2, 0.25) is 0 Å². The molecule has 1 unspecified atom stereocenters. The number of carbonyl (C=O) groups excluding carboxylic acids is 1. The van der Waals surface area contributed by atoms with Gasteiger partial charge in [-0.2, -0.15) is 4.31 Å². The first-order valence-electron chi connectivity index (χ1n) is 6.52. The number of nitrogens with zero attached hydrogens (tertiary/aromatic N) is 3. The fourth-order valence-electron chi connectivity index (χ4n) is 2.22. The average molecular weight is 306 g/mol. The van der Waals surface area contributed by atoms with Gasteiger partial charge in [0.1, 0.15) is 0 Å². The molecule has 8 nitrogen and oxygen atoms in total. The monoisotopic (exact) mass is 306 g/mol. The van der Waals surface area contributed by atoms with Crippen molar-refractivity contribution in [3.63, 3.8) is 0 Å². The van der Waals surface area contributed by atoms with Crippen molar-refractivity contribution in [2.75, 3.05) is 32.4 Å². The second kappa shape index (κ2) is 6.89. The van der Waals surface area contributed by atoms with Crippen molar-refractivity contribution < 1.29 is 18.4 Å². The Kier molecular flexibility index (Phi) is 5.75. The van der Waals surface area contributed by atoms with E-state index in [-0.39, 0.29) is 24.8 Å². The molecule has 0 spiro atoms. The van der Waals surface area contributed by atoms with Crippen LogP contribution in [0.4, 0.5) is 0 Å². The Morgan fingerprint density at radius 1 is 1.35 bits per heavy atom. The number of sulfonamides is 1. The molecule has 0 aromatic carbocycles. The van der Waals surface area contributed by atoms with Gasteiger partial charge in [-0.15, -0.1) is 0 Å². The Bertz CT molecular complexity index is 469. The molecule has 9 heteroatoms. The van der Waals surface area contributed by atoms with Crippen molar-refractivity contribution >= 4 is 21.8 Å². The molecule has 0 radical (unpaired) electrons. The second-order valence-electron chi connectivity index (χ2n) is 4.85. The summed E-state index contributed by atoms with van der Waals surface area (Å²) < 4.78 is 24.2. The lowest BCUT2D eigenvalue weighted by atomic mass is 10.0. The Morgan fingerprint density at radius 2 is 1.90 bits per heavy atom. The molecular weight excluding hydrogens is 284 g/mol. The number of carbonyl (C=O) groups is 1. The highest BCUT2D eigenvalue weighted by Crippen LogP contribution is 2.14. The summed E-state index contributed by atoms with van der Waals surface area (Å²) in [5.74, 6) is -0.951. The fourth-order valence-corrected chi connectivity index (χ4v) is 3.04. The van der Waals surface area contributed by atoms with Crippen molar-refractivity contribution in [3.05, 3.63) is 0 Å². The smallest absolute Gasteiger partial charge is 0.233 e. The quantitative estimate of drug-likeness (QED) is 0.300. The minimum Gasteiger partial charge on any atom is -0.409 e. The summed E-state index contributed by atoms with van der Waals surface area (Å²) >= 11 is 0. The van der Waals surface area contributed by atoms with Crippen LogP contribution >= 0.6 is 0 Å². The van der Waals surface area contributed by atoms with E-state index in [1.165, 1.54) is 4.31 Å². The molecule has 0 bridgehead atoms. The number of hydrogen-bond acceptors (Lipinski definition) is 5. The largest absolute Gasteiger partial charge is 0.409 e. The zero-order valence-corrected chi connectivity index (χ0v) is 12.6. The summed E-state index contributed by atoms with van der Waals surface area (Å²) in [6, 6.07) is 0. The number of hydrogen-bond donors (Lipinski definition) is 2. The van der Waals surface area contributed by atoms with Gasteiger partial charge in [0.15, 0.2) is 5.84 Å².